The zero-order valence-corrected chi connectivity index (χ0v) is 14.0. The predicted octanol–water partition coefficient (Wildman–Crippen LogP) is 3.30. The average molecular weight is 330 g/mol. The van der Waals surface area contributed by atoms with Crippen LogP contribution in [0.2, 0.25) is 0 Å². The SMILES string of the molecule is COc1c2cnccc2c(OC)c2sc(N3CCOCC3)cc12. The Morgan fingerprint density at radius 2 is 1.87 bits per heavy atom. The Hall–Kier alpha value is -2.05. The van der Waals surface area contributed by atoms with Crippen LogP contribution in [0.4, 0.5) is 5.00 Å². The molecule has 1 aliphatic heterocycles. The molecule has 2 aromatic heterocycles. The number of methoxy groups -OCH3 is 2. The van der Waals surface area contributed by atoms with Gasteiger partial charge >= 0.3 is 0 Å². The van der Waals surface area contributed by atoms with Crippen molar-refractivity contribution in [1.82, 2.24) is 4.98 Å². The van der Waals surface area contributed by atoms with Gasteiger partial charge in [0, 0.05) is 41.6 Å². The number of fused-ring (bicyclic) bond motifs is 2. The third-order valence-corrected chi connectivity index (χ3v) is 5.41. The van der Waals surface area contributed by atoms with E-state index in [9.17, 15) is 0 Å². The largest absolute Gasteiger partial charge is 0.495 e. The molecule has 1 aliphatic rings. The topological polar surface area (TPSA) is 43.8 Å². The lowest BCUT2D eigenvalue weighted by Crippen LogP contribution is -2.35. The third kappa shape index (κ3) is 2.29. The Balaban J connectivity index is 1.99. The molecule has 0 amide bonds. The van der Waals surface area contributed by atoms with E-state index in [1.165, 1.54) is 5.00 Å². The molecule has 0 radical (unpaired) electrons. The first-order valence-corrected chi connectivity index (χ1v) is 8.39. The summed E-state index contributed by atoms with van der Waals surface area (Å²) in [5.41, 5.74) is 0. The Labute approximate surface area is 138 Å². The highest BCUT2D eigenvalue weighted by Gasteiger charge is 2.21. The molecule has 1 fully saturated rings. The van der Waals surface area contributed by atoms with Crippen LogP contribution in [0, 0.1) is 0 Å². The maximum Gasteiger partial charge on any atom is 0.144 e. The van der Waals surface area contributed by atoms with E-state index in [2.05, 4.69) is 16.0 Å². The molecule has 0 aliphatic carbocycles. The van der Waals surface area contributed by atoms with Crippen LogP contribution in [-0.2, 0) is 4.74 Å². The van der Waals surface area contributed by atoms with E-state index in [-0.39, 0.29) is 0 Å². The van der Waals surface area contributed by atoms with Gasteiger partial charge in [-0.05, 0) is 12.1 Å². The minimum absolute atomic E-state index is 0.772. The number of benzene rings is 1. The van der Waals surface area contributed by atoms with E-state index in [1.54, 1.807) is 31.8 Å². The molecule has 1 saturated heterocycles. The van der Waals surface area contributed by atoms with Crippen molar-refractivity contribution in [3.8, 4) is 11.5 Å². The Morgan fingerprint density at radius 3 is 2.61 bits per heavy atom. The van der Waals surface area contributed by atoms with E-state index < -0.39 is 0 Å². The average Bonchev–Trinajstić information content (AvgIpc) is 3.05. The lowest BCUT2D eigenvalue weighted by Gasteiger charge is -2.27. The van der Waals surface area contributed by atoms with Crippen LogP contribution in [0.5, 0.6) is 11.5 Å². The van der Waals surface area contributed by atoms with Gasteiger partial charge in [-0.25, -0.2) is 0 Å². The first-order valence-electron chi connectivity index (χ1n) is 7.57. The molecule has 6 heteroatoms. The maximum absolute atomic E-state index is 5.72. The summed E-state index contributed by atoms with van der Waals surface area (Å²) in [6, 6.07) is 4.17. The highest BCUT2D eigenvalue weighted by molar-refractivity contribution is 7.23. The van der Waals surface area contributed by atoms with Crippen LogP contribution in [-0.4, -0.2) is 45.5 Å². The first kappa shape index (κ1) is 14.5. The number of nitrogens with zero attached hydrogens (tertiary/aromatic N) is 2. The highest BCUT2D eigenvalue weighted by atomic mass is 32.1. The van der Waals surface area contributed by atoms with Gasteiger partial charge in [-0.2, -0.15) is 0 Å². The van der Waals surface area contributed by atoms with Crippen LogP contribution in [0.3, 0.4) is 0 Å². The van der Waals surface area contributed by atoms with Gasteiger partial charge < -0.3 is 19.1 Å². The molecule has 0 N–H and O–H groups in total. The summed E-state index contributed by atoms with van der Waals surface area (Å²) in [6.45, 7) is 3.37. The Bertz CT molecular complexity index is 795. The number of thiophene rings is 1. The zero-order valence-electron chi connectivity index (χ0n) is 13.2. The molecule has 3 aromatic rings. The van der Waals surface area contributed by atoms with Crippen molar-refractivity contribution in [2.45, 2.75) is 0 Å². The number of rotatable bonds is 3. The van der Waals surface area contributed by atoms with Crippen LogP contribution in [0.15, 0.2) is 24.5 Å². The molecule has 1 aromatic carbocycles. The molecule has 3 heterocycles. The normalized spacial score (nSPS) is 15.3. The summed E-state index contributed by atoms with van der Waals surface area (Å²) in [5.74, 6) is 1.75. The lowest BCUT2D eigenvalue weighted by molar-refractivity contribution is 0.123. The van der Waals surface area contributed by atoms with Crippen molar-refractivity contribution in [1.29, 1.82) is 0 Å². The van der Waals surface area contributed by atoms with Crippen LogP contribution >= 0.6 is 11.3 Å². The van der Waals surface area contributed by atoms with Gasteiger partial charge in [0.1, 0.15) is 11.5 Å². The van der Waals surface area contributed by atoms with Crippen molar-refractivity contribution in [3.63, 3.8) is 0 Å². The lowest BCUT2D eigenvalue weighted by atomic mass is 10.1. The standard InChI is InChI=1S/C17H18N2O3S/c1-20-15-12-9-14(19-5-7-22-8-6-19)23-17(12)16(21-2)11-3-4-18-10-13(11)15/h3-4,9-10H,5-8H2,1-2H3. The van der Waals surface area contributed by atoms with Gasteiger partial charge in [-0.3, -0.25) is 4.98 Å². The molecule has 0 atom stereocenters. The van der Waals surface area contributed by atoms with E-state index in [4.69, 9.17) is 14.2 Å². The zero-order chi connectivity index (χ0) is 15.8. The van der Waals surface area contributed by atoms with E-state index >= 15 is 0 Å². The molecule has 0 spiro atoms. The molecular weight excluding hydrogens is 312 g/mol. The summed E-state index contributed by atoms with van der Waals surface area (Å²) in [6.07, 6.45) is 3.62. The second-order valence-corrected chi connectivity index (χ2v) is 6.45. The minimum Gasteiger partial charge on any atom is -0.495 e. The molecule has 0 unspecified atom stereocenters. The van der Waals surface area contributed by atoms with Gasteiger partial charge in [0.2, 0.25) is 0 Å². The number of hydrogen-bond donors (Lipinski definition) is 0. The van der Waals surface area contributed by atoms with Crippen LogP contribution in [0.1, 0.15) is 0 Å². The molecule has 23 heavy (non-hydrogen) atoms. The fourth-order valence-corrected chi connectivity index (χ4v) is 4.36. The first-order chi connectivity index (χ1) is 11.3. The summed E-state index contributed by atoms with van der Waals surface area (Å²) >= 11 is 1.74. The monoisotopic (exact) mass is 330 g/mol. The van der Waals surface area contributed by atoms with Gasteiger partial charge in [0.25, 0.3) is 0 Å². The quantitative estimate of drug-likeness (QED) is 0.737. The predicted molar refractivity (Wildman–Crippen MR) is 93.3 cm³/mol. The smallest absolute Gasteiger partial charge is 0.144 e. The van der Waals surface area contributed by atoms with Crippen molar-refractivity contribution in [3.05, 3.63) is 24.5 Å². The molecule has 5 nitrogen and oxygen atoms in total. The molecule has 120 valence electrons. The van der Waals surface area contributed by atoms with Crippen LogP contribution in [0.25, 0.3) is 20.9 Å². The minimum atomic E-state index is 0.772. The Kier molecular flexibility index (Phi) is 3.71. The second-order valence-electron chi connectivity index (χ2n) is 5.41. The number of ether oxygens (including phenoxy) is 3. The van der Waals surface area contributed by atoms with Gasteiger partial charge in [0.05, 0.1) is 37.1 Å². The summed E-state index contributed by atoms with van der Waals surface area (Å²) in [7, 11) is 3.43. The molecule has 0 saturated carbocycles. The number of morpholine rings is 1. The molecule has 0 bridgehead atoms. The number of aromatic nitrogens is 1. The second kappa shape index (κ2) is 5.86. The fourth-order valence-electron chi connectivity index (χ4n) is 3.12. The van der Waals surface area contributed by atoms with Crippen LogP contribution < -0.4 is 14.4 Å². The fraction of sp³-hybridized carbons (Fsp3) is 0.353. The van der Waals surface area contributed by atoms with Crippen molar-refractivity contribution >= 4 is 37.2 Å². The van der Waals surface area contributed by atoms with Crippen molar-refractivity contribution < 1.29 is 14.2 Å². The van der Waals surface area contributed by atoms with E-state index in [0.29, 0.717) is 0 Å². The summed E-state index contributed by atoms with van der Waals surface area (Å²) < 4.78 is 18.0. The highest BCUT2D eigenvalue weighted by Crippen LogP contribution is 2.48. The van der Waals surface area contributed by atoms with E-state index in [1.807, 2.05) is 12.3 Å². The number of pyridine rings is 1. The molecule has 4 rings (SSSR count). The van der Waals surface area contributed by atoms with E-state index in [0.717, 1.165) is 58.7 Å². The van der Waals surface area contributed by atoms with Crippen molar-refractivity contribution in [2.75, 3.05) is 45.4 Å². The third-order valence-electron chi connectivity index (χ3n) is 4.21. The van der Waals surface area contributed by atoms with Crippen molar-refractivity contribution in [2.24, 2.45) is 0 Å². The van der Waals surface area contributed by atoms with Gasteiger partial charge in [0.15, 0.2) is 0 Å². The van der Waals surface area contributed by atoms with Gasteiger partial charge in [-0.15, -0.1) is 11.3 Å². The number of anilines is 1. The van der Waals surface area contributed by atoms with Gasteiger partial charge in [-0.1, -0.05) is 0 Å². The summed E-state index contributed by atoms with van der Waals surface area (Å²) in [4.78, 5) is 6.60. The summed E-state index contributed by atoms with van der Waals surface area (Å²) in [5, 5.41) is 4.31. The maximum atomic E-state index is 5.72. The Morgan fingerprint density at radius 1 is 1.09 bits per heavy atom. The molecular formula is C17H18N2O3S. The number of hydrogen-bond acceptors (Lipinski definition) is 6.